The molecule has 31 heavy (non-hydrogen) atoms. The van der Waals surface area contributed by atoms with Gasteiger partial charge in [-0.2, -0.15) is 0 Å². The van der Waals surface area contributed by atoms with Crippen molar-refractivity contribution in [1.29, 1.82) is 0 Å². The van der Waals surface area contributed by atoms with Crippen molar-refractivity contribution in [2.45, 2.75) is 64.3 Å². The third-order valence-corrected chi connectivity index (χ3v) is 10.2. The quantitative estimate of drug-likeness (QED) is 0.536. The highest BCUT2D eigenvalue weighted by Crippen LogP contribution is 2.64. The molecule has 2 nitrogen and oxygen atoms in total. The van der Waals surface area contributed by atoms with E-state index >= 15 is 0 Å². The minimum Gasteiger partial charge on any atom is -0.306 e. The van der Waals surface area contributed by atoms with Crippen LogP contribution in [0, 0.1) is 35.0 Å². The van der Waals surface area contributed by atoms with Crippen LogP contribution in [0.4, 0.5) is 0 Å². The molecule has 0 N–H and O–H groups in total. The second kappa shape index (κ2) is 7.44. The highest BCUT2D eigenvalue weighted by molar-refractivity contribution is 5.86. The molecule has 1 aromatic carbocycles. The van der Waals surface area contributed by atoms with Crippen molar-refractivity contribution in [3.63, 3.8) is 0 Å². The van der Waals surface area contributed by atoms with Gasteiger partial charge in [0.05, 0.1) is 0 Å². The van der Waals surface area contributed by atoms with Crippen molar-refractivity contribution < 1.29 is 0 Å². The predicted octanol–water partition coefficient (Wildman–Crippen LogP) is 6.81. The molecule has 3 saturated carbocycles. The van der Waals surface area contributed by atoms with Crippen LogP contribution in [0.3, 0.4) is 0 Å². The van der Waals surface area contributed by atoms with Crippen LogP contribution in [0.5, 0.6) is 0 Å². The van der Waals surface area contributed by atoms with E-state index in [0.29, 0.717) is 5.41 Å². The van der Waals surface area contributed by atoms with E-state index in [-0.39, 0.29) is 0 Å². The SMILES string of the molecule is CN(C)[C@@H]1CC[C@H]2[C@@H](CCC3[C@@H]2CCC2(C)C(c4ccc5ccncc5c4)=CC[C@@H]32)C1. The summed E-state index contributed by atoms with van der Waals surface area (Å²) >= 11 is 0. The number of benzene rings is 1. The molecule has 0 bridgehead atoms. The summed E-state index contributed by atoms with van der Waals surface area (Å²) < 4.78 is 0. The minimum atomic E-state index is 0.366. The minimum absolute atomic E-state index is 0.366. The summed E-state index contributed by atoms with van der Waals surface area (Å²) in [7, 11) is 4.58. The zero-order valence-electron chi connectivity index (χ0n) is 19.6. The molecule has 2 aromatic rings. The van der Waals surface area contributed by atoms with Crippen LogP contribution in [0.2, 0.25) is 0 Å². The lowest BCUT2D eigenvalue weighted by Gasteiger charge is -2.56. The molecule has 6 rings (SSSR count). The first-order chi connectivity index (χ1) is 15.0. The maximum Gasteiger partial charge on any atom is 0.0346 e. The Morgan fingerprint density at radius 3 is 2.68 bits per heavy atom. The average molecular weight is 415 g/mol. The predicted molar refractivity (Wildman–Crippen MR) is 130 cm³/mol. The molecule has 0 radical (unpaired) electrons. The van der Waals surface area contributed by atoms with E-state index in [9.17, 15) is 0 Å². The molecule has 3 fully saturated rings. The molecule has 2 heteroatoms. The third-order valence-electron chi connectivity index (χ3n) is 10.2. The monoisotopic (exact) mass is 414 g/mol. The van der Waals surface area contributed by atoms with Gasteiger partial charge in [-0.1, -0.05) is 25.1 Å². The Morgan fingerprint density at radius 1 is 0.935 bits per heavy atom. The van der Waals surface area contributed by atoms with Crippen LogP contribution >= 0.6 is 0 Å². The van der Waals surface area contributed by atoms with Gasteiger partial charge in [0.25, 0.3) is 0 Å². The fourth-order valence-corrected chi connectivity index (χ4v) is 8.56. The summed E-state index contributed by atoms with van der Waals surface area (Å²) in [4.78, 5) is 6.86. The summed E-state index contributed by atoms with van der Waals surface area (Å²) in [5.74, 6) is 4.81. The molecule has 1 heterocycles. The molecule has 0 spiro atoms. The summed E-state index contributed by atoms with van der Waals surface area (Å²) in [6.07, 6.45) is 18.0. The number of fused-ring (bicyclic) bond motifs is 6. The largest absolute Gasteiger partial charge is 0.306 e. The van der Waals surface area contributed by atoms with Gasteiger partial charge in [-0.05, 0) is 129 Å². The topological polar surface area (TPSA) is 16.1 Å². The van der Waals surface area contributed by atoms with E-state index in [2.05, 4.69) is 61.2 Å². The third kappa shape index (κ3) is 3.12. The Morgan fingerprint density at radius 2 is 1.81 bits per heavy atom. The molecule has 164 valence electrons. The lowest BCUT2D eigenvalue weighted by Crippen LogP contribution is -2.49. The normalized spacial score (nSPS) is 39.7. The molecule has 0 amide bonds. The number of hydrogen-bond acceptors (Lipinski definition) is 2. The smallest absolute Gasteiger partial charge is 0.0346 e. The second-order valence-corrected chi connectivity index (χ2v) is 11.6. The molecule has 0 aliphatic heterocycles. The number of aromatic nitrogens is 1. The lowest BCUT2D eigenvalue weighted by molar-refractivity contribution is -0.0482. The van der Waals surface area contributed by atoms with Crippen molar-refractivity contribution in [2.24, 2.45) is 35.0 Å². The van der Waals surface area contributed by atoms with Gasteiger partial charge in [0.1, 0.15) is 0 Å². The molecular formula is C29H38N2. The van der Waals surface area contributed by atoms with Gasteiger partial charge >= 0.3 is 0 Å². The maximum absolute atomic E-state index is 4.37. The van der Waals surface area contributed by atoms with Crippen LogP contribution in [0.15, 0.2) is 42.7 Å². The first-order valence-electron chi connectivity index (χ1n) is 12.8. The Hall–Kier alpha value is -1.67. The van der Waals surface area contributed by atoms with E-state index in [1.165, 1.54) is 67.7 Å². The maximum atomic E-state index is 4.37. The molecule has 7 atom stereocenters. The second-order valence-electron chi connectivity index (χ2n) is 11.6. The van der Waals surface area contributed by atoms with Gasteiger partial charge < -0.3 is 4.90 Å². The molecular weight excluding hydrogens is 376 g/mol. The Balaban J connectivity index is 1.25. The molecule has 1 aromatic heterocycles. The van der Waals surface area contributed by atoms with E-state index in [1.54, 1.807) is 5.57 Å². The van der Waals surface area contributed by atoms with E-state index in [1.807, 2.05) is 12.4 Å². The zero-order valence-corrected chi connectivity index (χ0v) is 19.6. The van der Waals surface area contributed by atoms with Gasteiger partial charge in [0.15, 0.2) is 0 Å². The summed E-state index contributed by atoms with van der Waals surface area (Å²) in [6.45, 7) is 2.61. The first kappa shape index (κ1) is 20.0. The Bertz CT molecular complexity index is 1010. The number of rotatable bonds is 2. The average Bonchev–Trinajstić information content (AvgIpc) is 3.15. The van der Waals surface area contributed by atoms with Gasteiger partial charge in [0, 0.05) is 23.8 Å². The number of hydrogen-bond donors (Lipinski definition) is 0. The molecule has 4 aliphatic rings. The number of nitrogens with zero attached hydrogens (tertiary/aromatic N) is 2. The fraction of sp³-hybridized carbons (Fsp3) is 0.621. The van der Waals surface area contributed by atoms with Crippen molar-refractivity contribution in [2.75, 3.05) is 14.1 Å². The molecule has 0 saturated heterocycles. The van der Waals surface area contributed by atoms with Crippen molar-refractivity contribution in [1.82, 2.24) is 9.88 Å². The Kier molecular flexibility index (Phi) is 4.79. The molecule has 2 unspecified atom stereocenters. The van der Waals surface area contributed by atoms with Crippen LogP contribution in [-0.2, 0) is 0 Å². The fourth-order valence-electron chi connectivity index (χ4n) is 8.56. The highest BCUT2D eigenvalue weighted by atomic mass is 15.1. The van der Waals surface area contributed by atoms with E-state index < -0.39 is 0 Å². The molecule has 4 aliphatic carbocycles. The van der Waals surface area contributed by atoms with Crippen molar-refractivity contribution in [3.8, 4) is 0 Å². The van der Waals surface area contributed by atoms with Crippen LogP contribution in [-0.4, -0.2) is 30.0 Å². The first-order valence-corrected chi connectivity index (χ1v) is 12.8. The standard InChI is InChI=1S/C29H38N2/c1-29-14-12-25-24-9-7-23(31(2)3)17-20(24)6-8-26(25)28(29)11-10-27(29)21-5-4-19-13-15-30-18-22(19)16-21/h4-5,10,13,15-16,18,20,23-26,28H,6-9,11-12,14,17H2,1-3H3/t20-,23+,24-,25+,26?,28-,29?/m0/s1. The van der Waals surface area contributed by atoms with Gasteiger partial charge in [-0.15, -0.1) is 0 Å². The highest BCUT2D eigenvalue weighted by Gasteiger charge is 2.54. The van der Waals surface area contributed by atoms with Crippen molar-refractivity contribution in [3.05, 3.63) is 48.3 Å². The summed E-state index contributed by atoms with van der Waals surface area (Å²) in [5.41, 5.74) is 3.45. The van der Waals surface area contributed by atoms with Crippen molar-refractivity contribution >= 4 is 16.3 Å². The van der Waals surface area contributed by atoms with E-state index in [0.717, 1.165) is 35.6 Å². The van der Waals surface area contributed by atoms with Crippen LogP contribution in [0.25, 0.3) is 16.3 Å². The van der Waals surface area contributed by atoms with Crippen LogP contribution < -0.4 is 0 Å². The summed E-state index contributed by atoms with van der Waals surface area (Å²) in [6, 6.07) is 10.0. The lowest BCUT2D eigenvalue weighted by atomic mass is 9.49. The zero-order chi connectivity index (χ0) is 21.2. The van der Waals surface area contributed by atoms with Gasteiger partial charge in [-0.3, -0.25) is 4.98 Å². The number of pyridine rings is 1. The Labute approximate surface area is 188 Å². The number of allylic oxidation sites excluding steroid dienone is 2. The van der Waals surface area contributed by atoms with E-state index in [4.69, 9.17) is 0 Å². The van der Waals surface area contributed by atoms with Gasteiger partial charge in [0.2, 0.25) is 0 Å². The van der Waals surface area contributed by atoms with Crippen LogP contribution in [0.1, 0.15) is 63.9 Å². The van der Waals surface area contributed by atoms with Gasteiger partial charge in [-0.25, -0.2) is 0 Å². The summed E-state index contributed by atoms with van der Waals surface area (Å²) in [5, 5.41) is 2.58.